The number of ether oxygens (including phenoxy) is 3. The Morgan fingerprint density at radius 3 is 2.47 bits per heavy atom. The van der Waals surface area contributed by atoms with E-state index in [4.69, 9.17) is 25.2 Å². The molecule has 0 bridgehead atoms. The normalized spacial score (nSPS) is 28.8. The average Bonchev–Trinajstić information content (AvgIpc) is 4.01. The molecular weight excluding hydrogens is 929 g/mol. The number of thiazole rings is 1. The highest BCUT2D eigenvalue weighted by molar-refractivity contribution is 7.10. The van der Waals surface area contributed by atoms with Gasteiger partial charge in [0.15, 0.2) is 23.5 Å². The number of aliphatic hydroxyl groups excluding tert-OH is 2. The van der Waals surface area contributed by atoms with Gasteiger partial charge in [0.25, 0.3) is 0 Å². The van der Waals surface area contributed by atoms with Crippen LogP contribution in [0.5, 0.6) is 0 Å². The summed E-state index contributed by atoms with van der Waals surface area (Å²) in [5, 5.41) is 43.7. The standard InChI is InChI=1S/C49H56N6O14S/c1-47-16-15-31(57)18-29(47)9-12-32-33-19-37-49(36(59)22-56,48(33,2)20-35(58)43(32)47)69-45(68-37)28-7-3-26(4-8-28)17-41-54-38(25-70-41)55-46(65)66-23-27-5-10-30(11-6-27)52-44(64)34(13-14-42(62)63)53-39(60)21-51-40(61)24-67-50/h3-8,10-11,15-16,18,25,32-35,37,43,45,56,58H,9,12-14,17,19-24,50H2,1-2H3,(H,51,61)(H,52,64)(H,53,60)(H,55,65)(H,62,63)/t32-,33-,34-,35-,37+,43+,45+,47-,48-,49+/m0/s1. The van der Waals surface area contributed by atoms with Crippen molar-refractivity contribution >= 4 is 64.2 Å². The molecule has 0 radical (unpaired) electrons. The molecule has 1 saturated heterocycles. The van der Waals surface area contributed by atoms with Gasteiger partial charge in [-0.25, -0.2) is 15.7 Å². The van der Waals surface area contributed by atoms with Gasteiger partial charge in [-0.2, -0.15) is 0 Å². The maximum atomic E-state index is 13.9. The smallest absolute Gasteiger partial charge is 0.413 e. The first-order valence-corrected chi connectivity index (χ1v) is 23.9. The van der Waals surface area contributed by atoms with Crippen LogP contribution in [0.2, 0.25) is 0 Å². The minimum Gasteiger partial charge on any atom is -0.481 e. The molecule has 10 atom stereocenters. The van der Waals surface area contributed by atoms with Crippen LogP contribution in [0.4, 0.5) is 16.3 Å². The van der Waals surface area contributed by atoms with Crippen molar-refractivity contribution < 1.29 is 67.9 Å². The van der Waals surface area contributed by atoms with E-state index in [0.717, 1.165) is 24.0 Å². The van der Waals surface area contributed by atoms with Crippen molar-refractivity contribution in [3.05, 3.63) is 99.4 Å². The molecule has 2 aromatic carbocycles. The van der Waals surface area contributed by atoms with Gasteiger partial charge in [0.1, 0.15) is 31.7 Å². The van der Waals surface area contributed by atoms with Crippen LogP contribution >= 0.6 is 11.3 Å². The number of hydrogen-bond donors (Lipinski definition) is 8. The lowest BCUT2D eigenvalue weighted by atomic mass is 9.46. The van der Waals surface area contributed by atoms with Gasteiger partial charge in [-0.1, -0.05) is 61.9 Å². The Labute approximate surface area is 406 Å². The van der Waals surface area contributed by atoms with Crippen LogP contribution in [0.1, 0.15) is 80.4 Å². The number of rotatable bonds is 18. The molecule has 4 amide bonds. The number of aliphatic hydroxyl groups is 2. The Bertz CT molecular complexity index is 2590. The van der Waals surface area contributed by atoms with Crippen LogP contribution in [-0.2, 0) is 60.8 Å². The number of hydrogen-bond acceptors (Lipinski definition) is 16. The maximum Gasteiger partial charge on any atom is 0.413 e. The molecule has 3 saturated carbocycles. The number of aliphatic carboxylic acids is 1. The number of carbonyl (C=O) groups excluding carboxylic acids is 6. The number of carbonyl (C=O) groups is 7. The number of nitrogens with two attached hydrogens (primary N) is 1. The van der Waals surface area contributed by atoms with E-state index in [9.17, 15) is 43.8 Å². The molecule has 1 aromatic heterocycles. The number of benzene rings is 2. The minimum absolute atomic E-state index is 0.0197. The van der Waals surface area contributed by atoms with Crippen LogP contribution in [0.15, 0.2) is 77.7 Å². The van der Waals surface area contributed by atoms with E-state index < -0.39 is 103 Å². The third kappa shape index (κ3) is 10.0. The van der Waals surface area contributed by atoms with Crippen LogP contribution < -0.4 is 27.2 Å². The average molecular weight is 985 g/mol. The molecule has 4 fully saturated rings. The molecule has 3 aromatic rings. The van der Waals surface area contributed by atoms with E-state index in [-0.39, 0.29) is 43.0 Å². The van der Waals surface area contributed by atoms with E-state index in [1.807, 2.05) is 37.3 Å². The highest BCUT2D eigenvalue weighted by atomic mass is 32.1. The molecule has 0 unspecified atom stereocenters. The summed E-state index contributed by atoms with van der Waals surface area (Å²) in [5.41, 5.74) is 0.811. The largest absolute Gasteiger partial charge is 0.481 e. The number of amides is 4. The van der Waals surface area contributed by atoms with Gasteiger partial charge in [0.2, 0.25) is 17.7 Å². The molecule has 8 rings (SSSR count). The first-order chi connectivity index (χ1) is 33.5. The van der Waals surface area contributed by atoms with Crippen LogP contribution in [0.25, 0.3) is 0 Å². The van der Waals surface area contributed by atoms with Crippen molar-refractivity contribution in [1.82, 2.24) is 15.6 Å². The van der Waals surface area contributed by atoms with Crippen molar-refractivity contribution in [2.24, 2.45) is 34.5 Å². The summed E-state index contributed by atoms with van der Waals surface area (Å²) in [6.07, 6.45) is 4.35. The van der Waals surface area contributed by atoms with Crippen LogP contribution in [-0.4, -0.2) is 105 Å². The summed E-state index contributed by atoms with van der Waals surface area (Å²) in [4.78, 5) is 95.6. The molecule has 4 aliphatic carbocycles. The van der Waals surface area contributed by atoms with Crippen molar-refractivity contribution in [1.29, 1.82) is 0 Å². The van der Waals surface area contributed by atoms with Gasteiger partial charge in [-0.05, 0) is 79.4 Å². The monoisotopic (exact) mass is 984 g/mol. The van der Waals surface area contributed by atoms with E-state index in [1.165, 1.54) is 11.3 Å². The summed E-state index contributed by atoms with van der Waals surface area (Å²) in [6.45, 7) is 2.29. The Kier molecular flexibility index (Phi) is 14.8. The highest BCUT2D eigenvalue weighted by Gasteiger charge is 2.76. The van der Waals surface area contributed by atoms with Crippen molar-refractivity contribution in [2.45, 2.75) is 95.5 Å². The molecule has 1 aliphatic heterocycles. The van der Waals surface area contributed by atoms with Crippen molar-refractivity contribution in [3.63, 3.8) is 0 Å². The fourth-order valence-corrected chi connectivity index (χ4v) is 12.3. The molecule has 5 aliphatic rings. The molecule has 20 nitrogen and oxygen atoms in total. The lowest BCUT2D eigenvalue weighted by molar-refractivity contribution is -0.201. The number of ketones is 2. The van der Waals surface area contributed by atoms with Gasteiger partial charge in [0, 0.05) is 46.2 Å². The van der Waals surface area contributed by atoms with E-state index in [1.54, 1.807) is 41.8 Å². The number of nitrogens with zero attached hydrogens (tertiary/aromatic N) is 1. The zero-order chi connectivity index (χ0) is 50.0. The zero-order valence-electron chi connectivity index (χ0n) is 38.5. The fraction of sp³-hybridized carbons (Fsp3) is 0.469. The molecule has 21 heteroatoms. The number of fused-ring (bicyclic) bond motifs is 7. The lowest BCUT2D eigenvalue weighted by Crippen LogP contribution is -2.63. The number of aromatic nitrogens is 1. The zero-order valence-corrected chi connectivity index (χ0v) is 39.3. The second-order valence-electron chi connectivity index (χ2n) is 18.9. The van der Waals surface area contributed by atoms with Gasteiger partial charge in [0.05, 0.1) is 23.8 Å². The summed E-state index contributed by atoms with van der Waals surface area (Å²) in [6, 6.07) is 12.6. The first-order valence-electron chi connectivity index (χ1n) is 23.0. The van der Waals surface area contributed by atoms with Gasteiger partial charge >= 0.3 is 12.1 Å². The summed E-state index contributed by atoms with van der Waals surface area (Å²) >= 11 is 1.35. The van der Waals surface area contributed by atoms with Crippen LogP contribution in [0, 0.1) is 28.6 Å². The highest BCUT2D eigenvalue weighted by Crippen LogP contribution is 2.70. The van der Waals surface area contributed by atoms with Crippen molar-refractivity contribution in [2.75, 3.05) is 30.4 Å². The quantitative estimate of drug-likeness (QED) is 0.0848. The fourth-order valence-electron chi connectivity index (χ4n) is 11.5. The van der Waals surface area contributed by atoms with E-state index in [2.05, 4.69) is 38.0 Å². The second kappa shape index (κ2) is 20.6. The number of carboxylic acid groups (broad SMARTS) is 1. The molecule has 2 heterocycles. The van der Waals surface area contributed by atoms with E-state index >= 15 is 0 Å². The SMILES string of the molecule is C[C@]12C=CC(=O)C=C1CC[C@@H]1[C@@H]2[C@@H](O)C[C@@]2(C)[C@H]1C[C@H]1O[C@@H](c3ccc(Cc4nc(NC(=O)OCc5ccc(NC(=O)[C@H](CCC(=O)O)NC(=O)CNC(=O)CON)cc5)cs4)cc3)O[C@]12C(=O)CO. The number of anilines is 2. The second-order valence-corrected chi connectivity index (χ2v) is 19.9. The van der Waals surface area contributed by atoms with Gasteiger partial charge in [-0.3, -0.25) is 38.9 Å². The number of carboxylic acids is 1. The topological polar surface area (TPSA) is 304 Å². The summed E-state index contributed by atoms with van der Waals surface area (Å²) in [5.74, 6) is 1.27. The molecule has 9 N–H and O–H groups in total. The Balaban J connectivity index is 0.822. The predicted molar refractivity (Wildman–Crippen MR) is 249 cm³/mol. The van der Waals surface area contributed by atoms with Gasteiger partial charge in [-0.15, -0.1) is 11.3 Å². The molecule has 70 heavy (non-hydrogen) atoms. The van der Waals surface area contributed by atoms with Crippen LogP contribution in [0.3, 0.4) is 0 Å². The Morgan fingerprint density at radius 1 is 1.01 bits per heavy atom. The number of allylic oxidation sites excluding steroid dienone is 4. The maximum absolute atomic E-state index is 13.9. The molecular formula is C49H56N6O14S. The summed E-state index contributed by atoms with van der Waals surface area (Å²) in [7, 11) is 0. The lowest BCUT2D eigenvalue weighted by Gasteiger charge is -2.59. The number of nitrogens with one attached hydrogen (secondary N) is 4. The van der Waals surface area contributed by atoms with E-state index in [0.29, 0.717) is 40.5 Å². The Hall–Kier alpha value is -6.20. The first kappa shape index (κ1) is 50.2. The summed E-state index contributed by atoms with van der Waals surface area (Å²) < 4.78 is 18.7. The third-order valence-electron chi connectivity index (χ3n) is 14.7. The predicted octanol–water partition coefficient (Wildman–Crippen LogP) is 3.38. The number of Topliss-reactive ketones (excluding diaryl/α,β-unsaturated/α-hetero) is 1. The third-order valence-corrected chi connectivity index (χ3v) is 15.6. The minimum atomic E-state index is -1.46. The molecule has 372 valence electrons. The van der Waals surface area contributed by atoms with Gasteiger partial charge < -0.3 is 45.5 Å². The van der Waals surface area contributed by atoms with Crippen molar-refractivity contribution in [3.8, 4) is 0 Å². The molecule has 0 spiro atoms. The Morgan fingerprint density at radius 2 is 1.76 bits per heavy atom.